The molecule has 110 valence electrons. The fourth-order valence-electron chi connectivity index (χ4n) is 2.54. The standard InChI is InChI=1S/C15H21NO4/c1-20-14-8-7-10(9-13(14)18)15(19)16-11-5-3-2-4-6-12(11)17/h7-9,11-12,17-18H,2-6H2,1H3,(H,16,19). The molecule has 0 bridgehead atoms. The van der Waals surface area contributed by atoms with Crippen LogP contribution >= 0.6 is 0 Å². The van der Waals surface area contributed by atoms with Crippen molar-refractivity contribution in [2.75, 3.05) is 7.11 Å². The van der Waals surface area contributed by atoms with E-state index >= 15 is 0 Å². The van der Waals surface area contributed by atoms with Crippen LogP contribution in [-0.4, -0.2) is 35.4 Å². The lowest BCUT2D eigenvalue weighted by Crippen LogP contribution is -2.42. The van der Waals surface area contributed by atoms with Crippen LogP contribution in [0.2, 0.25) is 0 Å². The summed E-state index contributed by atoms with van der Waals surface area (Å²) >= 11 is 0. The zero-order chi connectivity index (χ0) is 14.5. The molecule has 1 aromatic rings. The molecule has 1 aliphatic rings. The van der Waals surface area contributed by atoms with Gasteiger partial charge in [0.05, 0.1) is 19.3 Å². The molecule has 20 heavy (non-hydrogen) atoms. The number of aliphatic hydroxyl groups excluding tert-OH is 1. The van der Waals surface area contributed by atoms with Gasteiger partial charge >= 0.3 is 0 Å². The largest absolute Gasteiger partial charge is 0.504 e. The number of benzene rings is 1. The lowest BCUT2D eigenvalue weighted by Gasteiger charge is -2.21. The summed E-state index contributed by atoms with van der Waals surface area (Å²) in [5.74, 6) is -0.0217. The van der Waals surface area contributed by atoms with Gasteiger partial charge in [-0.15, -0.1) is 0 Å². The normalized spacial score (nSPS) is 22.9. The molecule has 1 fully saturated rings. The van der Waals surface area contributed by atoms with E-state index in [1.165, 1.54) is 13.2 Å². The van der Waals surface area contributed by atoms with Gasteiger partial charge in [0.25, 0.3) is 5.91 Å². The number of carbonyl (C=O) groups excluding carboxylic acids is 1. The third-order valence-corrected chi connectivity index (χ3v) is 3.74. The summed E-state index contributed by atoms with van der Waals surface area (Å²) in [6.45, 7) is 0. The number of aliphatic hydroxyl groups is 1. The van der Waals surface area contributed by atoms with Crippen molar-refractivity contribution in [1.29, 1.82) is 0 Å². The van der Waals surface area contributed by atoms with Gasteiger partial charge in [-0.1, -0.05) is 19.3 Å². The molecule has 0 spiro atoms. The van der Waals surface area contributed by atoms with Crippen LogP contribution in [0.3, 0.4) is 0 Å². The first kappa shape index (κ1) is 14.7. The van der Waals surface area contributed by atoms with E-state index in [9.17, 15) is 15.0 Å². The molecule has 0 radical (unpaired) electrons. The molecule has 3 N–H and O–H groups in total. The molecule has 0 aromatic heterocycles. The minimum Gasteiger partial charge on any atom is -0.504 e. The second kappa shape index (κ2) is 6.61. The molecule has 5 heteroatoms. The van der Waals surface area contributed by atoms with Gasteiger partial charge in [-0.3, -0.25) is 4.79 Å². The van der Waals surface area contributed by atoms with Crippen molar-refractivity contribution in [3.63, 3.8) is 0 Å². The highest BCUT2D eigenvalue weighted by Gasteiger charge is 2.23. The highest BCUT2D eigenvalue weighted by molar-refractivity contribution is 5.95. The molecule has 0 aliphatic heterocycles. The molecule has 2 unspecified atom stereocenters. The van der Waals surface area contributed by atoms with Crippen molar-refractivity contribution in [3.05, 3.63) is 23.8 Å². The number of nitrogens with one attached hydrogen (secondary N) is 1. The molecule has 0 heterocycles. The summed E-state index contributed by atoms with van der Waals surface area (Å²) < 4.78 is 4.94. The van der Waals surface area contributed by atoms with E-state index in [4.69, 9.17) is 4.74 Å². The Morgan fingerprint density at radius 3 is 2.75 bits per heavy atom. The summed E-state index contributed by atoms with van der Waals surface area (Å²) in [6.07, 6.45) is 4.11. The van der Waals surface area contributed by atoms with Gasteiger partial charge in [-0.25, -0.2) is 0 Å². The molecule has 1 aliphatic carbocycles. The highest BCUT2D eigenvalue weighted by Crippen LogP contribution is 2.26. The van der Waals surface area contributed by atoms with Crippen LogP contribution in [0, 0.1) is 0 Å². The summed E-state index contributed by atoms with van der Waals surface area (Å²) in [6, 6.07) is 4.30. The average molecular weight is 279 g/mol. The number of phenolic OH excluding ortho intramolecular Hbond substituents is 1. The maximum atomic E-state index is 12.1. The Morgan fingerprint density at radius 1 is 1.30 bits per heavy atom. The minimum absolute atomic E-state index is 0.0680. The fourth-order valence-corrected chi connectivity index (χ4v) is 2.54. The molecule has 2 atom stereocenters. The highest BCUT2D eigenvalue weighted by atomic mass is 16.5. The van der Waals surface area contributed by atoms with Crippen LogP contribution in [0.25, 0.3) is 0 Å². The maximum absolute atomic E-state index is 12.1. The lowest BCUT2D eigenvalue weighted by atomic mass is 10.1. The maximum Gasteiger partial charge on any atom is 0.251 e. The Labute approximate surface area is 118 Å². The summed E-state index contributed by atoms with van der Waals surface area (Å²) in [7, 11) is 1.46. The lowest BCUT2D eigenvalue weighted by molar-refractivity contribution is 0.0818. The number of hydrogen-bond acceptors (Lipinski definition) is 4. The quantitative estimate of drug-likeness (QED) is 0.737. The molecule has 5 nitrogen and oxygen atoms in total. The van der Waals surface area contributed by atoms with Crippen LogP contribution < -0.4 is 10.1 Å². The van der Waals surface area contributed by atoms with E-state index in [0.717, 1.165) is 32.1 Å². The van der Waals surface area contributed by atoms with E-state index in [0.29, 0.717) is 11.3 Å². The second-order valence-electron chi connectivity index (χ2n) is 5.17. The smallest absolute Gasteiger partial charge is 0.251 e. The zero-order valence-electron chi connectivity index (χ0n) is 11.6. The van der Waals surface area contributed by atoms with Gasteiger partial charge in [-0.05, 0) is 31.0 Å². The number of methoxy groups -OCH3 is 1. The minimum atomic E-state index is -0.492. The van der Waals surface area contributed by atoms with Gasteiger partial charge in [0.1, 0.15) is 0 Å². The zero-order valence-corrected chi connectivity index (χ0v) is 11.6. The first-order valence-corrected chi connectivity index (χ1v) is 6.97. The number of rotatable bonds is 3. The van der Waals surface area contributed by atoms with E-state index in [-0.39, 0.29) is 17.7 Å². The van der Waals surface area contributed by atoms with Crippen molar-refractivity contribution in [2.24, 2.45) is 0 Å². The Bertz CT molecular complexity index is 475. The van der Waals surface area contributed by atoms with Crippen molar-refractivity contribution in [3.8, 4) is 11.5 Å². The summed E-state index contributed by atoms with van der Waals surface area (Å²) in [4.78, 5) is 12.1. The number of amides is 1. The van der Waals surface area contributed by atoms with E-state index in [1.807, 2.05) is 0 Å². The van der Waals surface area contributed by atoms with E-state index in [1.54, 1.807) is 12.1 Å². The number of phenols is 1. The number of carbonyl (C=O) groups is 1. The summed E-state index contributed by atoms with van der Waals surface area (Å²) in [5.41, 5.74) is 0.361. The van der Waals surface area contributed by atoms with E-state index in [2.05, 4.69) is 5.32 Å². The molecular formula is C15H21NO4. The monoisotopic (exact) mass is 279 g/mol. The third-order valence-electron chi connectivity index (χ3n) is 3.74. The topological polar surface area (TPSA) is 78.8 Å². The van der Waals surface area contributed by atoms with Crippen LogP contribution in [0.1, 0.15) is 42.5 Å². The van der Waals surface area contributed by atoms with Crippen LogP contribution in [0.4, 0.5) is 0 Å². The molecule has 0 saturated heterocycles. The molecule has 1 amide bonds. The van der Waals surface area contributed by atoms with Gasteiger partial charge in [0.15, 0.2) is 11.5 Å². The summed E-state index contributed by atoms with van der Waals surface area (Å²) in [5, 5.41) is 22.5. The fraction of sp³-hybridized carbons (Fsp3) is 0.533. The first-order valence-electron chi connectivity index (χ1n) is 6.97. The number of aromatic hydroxyl groups is 1. The number of ether oxygens (including phenoxy) is 1. The predicted molar refractivity (Wildman–Crippen MR) is 75.0 cm³/mol. The molecule has 1 aromatic carbocycles. The van der Waals surface area contributed by atoms with Crippen molar-refractivity contribution in [2.45, 2.75) is 44.2 Å². The third kappa shape index (κ3) is 3.42. The van der Waals surface area contributed by atoms with Gasteiger partial charge in [-0.2, -0.15) is 0 Å². The Morgan fingerprint density at radius 2 is 2.05 bits per heavy atom. The molecule has 2 rings (SSSR count). The van der Waals surface area contributed by atoms with Gasteiger partial charge in [0.2, 0.25) is 0 Å². The van der Waals surface area contributed by atoms with Crippen molar-refractivity contribution < 1.29 is 19.7 Å². The second-order valence-corrected chi connectivity index (χ2v) is 5.17. The van der Waals surface area contributed by atoms with Crippen LogP contribution in [0.5, 0.6) is 11.5 Å². The average Bonchev–Trinajstić information content (AvgIpc) is 2.64. The first-order chi connectivity index (χ1) is 9.61. The Kier molecular flexibility index (Phi) is 4.84. The van der Waals surface area contributed by atoms with E-state index < -0.39 is 6.10 Å². The van der Waals surface area contributed by atoms with Crippen molar-refractivity contribution in [1.82, 2.24) is 5.32 Å². The molecule has 1 saturated carbocycles. The van der Waals surface area contributed by atoms with Crippen molar-refractivity contribution >= 4 is 5.91 Å². The molecular weight excluding hydrogens is 258 g/mol. The van der Waals surface area contributed by atoms with Crippen LogP contribution in [0.15, 0.2) is 18.2 Å². The number of hydrogen-bond donors (Lipinski definition) is 3. The predicted octanol–water partition coefficient (Wildman–Crippen LogP) is 1.82. The van der Waals surface area contributed by atoms with Gasteiger partial charge in [0, 0.05) is 5.56 Å². The Balaban J connectivity index is 2.05. The van der Waals surface area contributed by atoms with Gasteiger partial charge < -0.3 is 20.3 Å². The Hall–Kier alpha value is -1.75. The SMILES string of the molecule is COc1ccc(C(=O)NC2CCCCCC2O)cc1O. The van der Waals surface area contributed by atoms with Crippen LogP contribution in [-0.2, 0) is 0 Å².